The van der Waals surface area contributed by atoms with Crippen LogP contribution in [-0.4, -0.2) is 61.9 Å². The highest BCUT2D eigenvalue weighted by molar-refractivity contribution is 7.99. The van der Waals surface area contributed by atoms with Gasteiger partial charge in [0.25, 0.3) is 0 Å². The number of hydrogen-bond acceptors (Lipinski definition) is 8. The van der Waals surface area contributed by atoms with Crippen LogP contribution >= 0.6 is 35.0 Å². The second kappa shape index (κ2) is 11.9. The monoisotopic (exact) mass is 532 g/mol. The first-order valence-electron chi connectivity index (χ1n) is 11.2. The number of ether oxygens (including phenoxy) is 3. The smallest absolute Gasteiger partial charge is 0.163 e. The van der Waals surface area contributed by atoms with Crippen molar-refractivity contribution in [3.05, 3.63) is 46.1 Å². The molecule has 0 spiro atoms. The molecule has 1 fully saturated rings. The van der Waals surface area contributed by atoms with Crippen molar-refractivity contribution in [2.75, 3.05) is 57.3 Å². The van der Waals surface area contributed by atoms with Gasteiger partial charge in [-0.1, -0.05) is 23.2 Å². The molecule has 3 aromatic rings. The van der Waals surface area contributed by atoms with Crippen LogP contribution in [0.2, 0.25) is 10.0 Å². The van der Waals surface area contributed by atoms with Crippen molar-refractivity contribution in [2.45, 2.75) is 6.42 Å². The second-order valence-corrected chi connectivity index (χ2v) is 9.97. The molecule has 0 unspecified atom stereocenters. The minimum Gasteiger partial charge on any atom is -0.495 e. The predicted octanol–water partition coefficient (Wildman–Crippen LogP) is 5.99. The Labute approximate surface area is 219 Å². The lowest BCUT2D eigenvalue weighted by Gasteiger charge is -2.26. The summed E-state index contributed by atoms with van der Waals surface area (Å²) in [6.45, 7) is 3.86. The number of nitriles is 1. The fourth-order valence-electron chi connectivity index (χ4n) is 3.90. The Bertz CT molecular complexity index is 1250. The third-order valence-electron chi connectivity index (χ3n) is 5.75. The zero-order chi connectivity index (χ0) is 24.8. The van der Waals surface area contributed by atoms with Crippen LogP contribution < -0.4 is 19.5 Å². The molecular formula is C25H26Cl2N4O3S. The Morgan fingerprint density at radius 3 is 2.54 bits per heavy atom. The lowest BCUT2D eigenvalue weighted by molar-refractivity contribution is 0.242. The number of halogens is 2. The molecule has 1 saturated heterocycles. The van der Waals surface area contributed by atoms with Crippen LogP contribution in [0.5, 0.6) is 17.2 Å². The number of rotatable bonds is 9. The molecule has 0 radical (unpaired) electrons. The van der Waals surface area contributed by atoms with Crippen molar-refractivity contribution in [1.29, 1.82) is 5.26 Å². The van der Waals surface area contributed by atoms with Crippen molar-refractivity contribution in [2.24, 2.45) is 0 Å². The van der Waals surface area contributed by atoms with E-state index in [0.717, 1.165) is 26.1 Å². The molecule has 0 amide bonds. The molecule has 1 aromatic heterocycles. The van der Waals surface area contributed by atoms with Gasteiger partial charge in [-0.25, -0.2) is 0 Å². The van der Waals surface area contributed by atoms with E-state index in [-0.39, 0.29) is 0 Å². The van der Waals surface area contributed by atoms with Gasteiger partial charge in [0.2, 0.25) is 0 Å². The summed E-state index contributed by atoms with van der Waals surface area (Å²) >= 11 is 14.6. The van der Waals surface area contributed by atoms with Crippen molar-refractivity contribution >= 4 is 57.2 Å². The Morgan fingerprint density at radius 1 is 1.06 bits per heavy atom. The molecule has 10 heteroatoms. The van der Waals surface area contributed by atoms with E-state index in [2.05, 4.69) is 21.3 Å². The summed E-state index contributed by atoms with van der Waals surface area (Å²) in [5.41, 5.74) is 2.12. The molecule has 2 heterocycles. The lowest BCUT2D eigenvalue weighted by atomic mass is 10.1. The Hall–Kier alpha value is -2.57. The molecule has 1 aliphatic rings. The summed E-state index contributed by atoms with van der Waals surface area (Å²) in [4.78, 5) is 6.94. The van der Waals surface area contributed by atoms with Gasteiger partial charge in [-0.3, -0.25) is 4.98 Å². The number of pyridine rings is 1. The summed E-state index contributed by atoms with van der Waals surface area (Å²) in [5, 5.41) is 14.5. The van der Waals surface area contributed by atoms with E-state index in [1.807, 2.05) is 23.9 Å². The first-order chi connectivity index (χ1) is 17.0. The minimum absolute atomic E-state index is 0.359. The van der Waals surface area contributed by atoms with Crippen LogP contribution in [0.25, 0.3) is 10.9 Å². The summed E-state index contributed by atoms with van der Waals surface area (Å²) in [7, 11) is 3.12. The molecule has 1 aliphatic heterocycles. The van der Waals surface area contributed by atoms with Crippen LogP contribution in [0.4, 0.5) is 11.4 Å². The number of anilines is 2. The average molecular weight is 533 g/mol. The van der Waals surface area contributed by atoms with Crippen LogP contribution in [0.1, 0.15) is 12.0 Å². The number of fused-ring (bicyclic) bond motifs is 1. The second-order valence-electron chi connectivity index (χ2n) is 7.93. The van der Waals surface area contributed by atoms with E-state index in [9.17, 15) is 5.26 Å². The number of aromatic nitrogens is 1. The largest absolute Gasteiger partial charge is 0.495 e. The molecular weight excluding hydrogens is 507 g/mol. The van der Waals surface area contributed by atoms with Crippen molar-refractivity contribution in [3.8, 4) is 23.3 Å². The van der Waals surface area contributed by atoms with Crippen LogP contribution in [0.15, 0.2) is 30.5 Å². The topological polar surface area (TPSA) is 79.6 Å². The fraction of sp³-hybridized carbons (Fsp3) is 0.360. The molecule has 184 valence electrons. The number of nitrogens with one attached hydrogen (secondary N) is 1. The normalized spacial score (nSPS) is 13.9. The van der Waals surface area contributed by atoms with E-state index in [1.165, 1.54) is 24.8 Å². The maximum atomic E-state index is 9.73. The minimum atomic E-state index is 0.359. The predicted molar refractivity (Wildman–Crippen MR) is 143 cm³/mol. The highest BCUT2D eigenvalue weighted by atomic mass is 35.5. The number of hydrogen-bond donors (Lipinski definition) is 1. The molecule has 7 nitrogen and oxygen atoms in total. The van der Waals surface area contributed by atoms with Crippen LogP contribution in [-0.2, 0) is 0 Å². The number of benzene rings is 2. The van der Waals surface area contributed by atoms with Gasteiger partial charge in [0.15, 0.2) is 11.5 Å². The van der Waals surface area contributed by atoms with Gasteiger partial charge in [-0.05, 0) is 18.6 Å². The summed E-state index contributed by atoms with van der Waals surface area (Å²) in [6, 6.07) is 9.13. The fourth-order valence-corrected chi connectivity index (χ4v) is 5.39. The SMILES string of the molecule is COc1cc(Nc2c(C#N)cnc3cc(OCCCN4CCSCC4)c(OC)cc23)c(Cl)cc1Cl. The third-order valence-corrected chi connectivity index (χ3v) is 7.31. The number of methoxy groups -OCH3 is 2. The van der Waals surface area contributed by atoms with E-state index < -0.39 is 0 Å². The molecule has 0 saturated carbocycles. The van der Waals surface area contributed by atoms with E-state index in [0.29, 0.717) is 61.7 Å². The third kappa shape index (κ3) is 5.99. The van der Waals surface area contributed by atoms with Crippen molar-refractivity contribution in [1.82, 2.24) is 9.88 Å². The Balaban J connectivity index is 1.60. The summed E-state index contributed by atoms with van der Waals surface area (Å²) < 4.78 is 17.0. The summed E-state index contributed by atoms with van der Waals surface area (Å²) in [5.74, 6) is 4.03. The number of thioether (sulfide) groups is 1. The lowest BCUT2D eigenvalue weighted by Crippen LogP contribution is -2.33. The van der Waals surface area contributed by atoms with Crippen LogP contribution in [0, 0.1) is 11.3 Å². The van der Waals surface area contributed by atoms with Gasteiger partial charge in [-0.15, -0.1) is 0 Å². The highest BCUT2D eigenvalue weighted by Crippen LogP contribution is 2.40. The van der Waals surface area contributed by atoms with Gasteiger partial charge in [0.1, 0.15) is 11.8 Å². The molecule has 1 N–H and O–H groups in total. The first kappa shape index (κ1) is 25.5. The van der Waals surface area contributed by atoms with E-state index >= 15 is 0 Å². The van der Waals surface area contributed by atoms with Gasteiger partial charge < -0.3 is 24.4 Å². The highest BCUT2D eigenvalue weighted by Gasteiger charge is 2.17. The first-order valence-corrected chi connectivity index (χ1v) is 13.1. The van der Waals surface area contributed by atoms with Gasteiger partial charge in [0.05, 0.1) is 53.3 Å². The van der Waals surface area contributed by atoms with Crippen LogP contribution in [0.3, 0.4) is 0 Å². The maximum absolute atomic E-state index is 9.73. The summed E-state index contributed by atoms with van der Waals surface area (Å²) in [6.07, 6.45) is 2.45. The Morgan fingerprint density at radius 2 is 1.83 bits per heavy atom. The zero-order valence-corrected chi connectivity index (χ0v) is 21.9. The zero-order valence-electron chi connectivity index (χ0n) is 19.6. The maximum Gasteiger partial charge on any atom is 0.163 e. The molecule has 0 aliphatic carbocycles. The van der Waals surface area contributed by atoms with Crippen molar-refractivity contribution < 1.29 is 14.2 Å². The number of nitrogens with zero attached hydrogens (tertiary/aromatic N) is 3. The molecule has 4 rings (SSSR count). The molecule has 0 bridgehead atoms. The van der Waals surface area contributed by atoms with Gasteiger partial charge >= 0.3 is 0 Å². The standard InChI is InChI=1S/C25H26Cl2N4O3S/c1-32-22-13-21(18(26)11-19(22)27)30-25-16(14-28)15-29-20-12-24(23(33-2)10-17(20)25)34-7-3-4-31-5-8-35-9-6-31/h10-13,15H,3-9H2,1-2H3,(H,29,30). The Kier molecular flexibility index (Phi) is 8.69. The average Bonchev–Trinajstić information content (AvgIpc) is 2.88. The van der Waals surface area contributed by atoms with E-state index in [1.54, 1.807) is 19.2 Å². The molecule has 2 aromatic carbocycles. The van der Waals surface area contributed by atoms with Crippen molar-refractivity contribution in [3.63, 3.8) is 0 Å². The molecule has 0 atom stereocenters. The van der Waals surface area contributed by atoms with E-state index in [4.69, 9.17) is 37.4 Å². The van der Waals surface area contributed by atoms with Gasteiger partial charge in [0, 0.05) is 54.9 Å². The molecule has 35 heavy (non-hydrogen) atoms. The quantitative estimate of drug-likeness (QED) is 0.336. The van der Waals surface area contributed by atoms with Gasteiger partial charge in [-0.2, -0.15) is 17.0 Å².